The Morgan fingerprint density at radius 2 is 2.55 bits per heavy atom. The number of nitrogens with zero attached hydrogens (tertiary/aromatic N) is 2. The molecule has 0 bridgehead atoms. The van der Waals surface area contributed by atoms with Gasteiger partial charge in [-0.3, -0.25) is 4.79 Å². The quantitative estimate of drug-likeness (QED) is 0.815. The Morgan fingerprint density at radius 3 is 3.20 bits per heavy atom. The summed E-state index contributed by atoms with van der Waals surface area (Å²) in [4.78, 5) is 12.0. The molecular weight excluding hydrogens is 276 g/mol. The minimum atomic E-state index is -0.287. The highest BCUT2D eigenvalue weighted by atomic mass is 35.5. The van der Waals surface area contributed by atoms with Gasteiger partial charge in [0.1, 0.15) is 5.02 Å². The highest BCUT2D eigenvalue weighted by molar-refractivity contribution is 6.32. The number of hydrogen-bond donors (Lipinski definition) is 2. The number of piperidine rings is 1. The molecule has 110 valence electrons. The van der Waals surface area contributed by atoms with Crippen LogP contribution in [0.4, 0.5) is 5.69 Å². The van der Waals surface area contributed by atoms with Gasteiger partial charge in [0.25, 0.3) is 5.56 Å². The summed E-state index contributed by atoms with van der Waals surface area (Å²) in [5.74, 6) is 0.537. The summed E-state index contributed by atoms with van der Waals surface area (Å²) >= 11 is 6.13. The van der Waals surface area contributed by atoms with Crippen LogP contribution in [0.3, 0.4) is 0 Å². The van der Waals surface area contributed by atoms with Crippen molar-refractivity contribution in [1.29, 1.82) is 0 Å². The highest BCUT2D eigenvalue weighted by Gasteiger charge is 2.21. The molecule has 2 rings (SSSR count). The molecule has 1 aliphatic heterocycles. The molecule has 5 nitrogen and oxygen atoms in total. The zero-order chi connectivity index (χ0) is 14.5. The summed E-state index contributed by atoms with van der Waals surface area (Å²) in [5, 5.41) is 11.0. The molecule has 0 radical (unpaired) electrons. The Morgan fingerprint density at radius 1 is 1.75 bits per heavy atom. The number of hydrogen-bond acceptors (Lipinski definition) is 4. The number of rotatable bonds is 5. The number of nitrogens with one attached hydrogen (secondary N) is 2. The molecule has 1 saturated heterocycles. The Bertz CT molecular complexity index is 522. The second kappa shape index (κ2) is 6.90. The van der Waals surface area contributed by atoms with Gasteiger partial charge in [-0.2, -0.15) is 5.10 Å². The molecule has 0 aliphatic carbocycles. The number of anilines is 1. The fourth-order valence-corrected chi connectivity index (χ4v) is 2.69. The lowest BCUT2D eigenvalue weighted by molar-refractivity contribution is 0.347. The highest BCUT2D eigenvalue weighted by Crippen LogP contribution is 2.21. The summed E-state index contributed by atoms with van der Waals surface area (Å²) in [7, 11) is 0. The van der Waals surface area contributed by atoms with Crippen molar-refractivity contribution in [3.05, 3.63) is 34.2 Å². The van der Waals surface area contributed by atoms with Gasteiger partial charge in [0.2, 0.25) is 0 Å². The van der Waals surface area contributed by atoms with E-state index in [2.05, 4.69) is 29.2 Å². The SMILES string of the molecule is C=CCn1ncc(NC(C)C2CCCNC2)c(Cl)c1=O. The maximum absolute atomic E-state index is 12.0. The van der Waals surface area contributed by atoms with E-state index in [4.69, 9.17) is 11.6 Å². The van der Waals surface area contributed by atoms with Gasteiger partial charge in [0, 0.05) is 6.04 Å². The van der Waals surface area contributed by atoms with Crippen LogP contribution in [0.15, 0.2) is 23.6 Å². The lowest BCUT2D eigenvalue weighted by Crippen LogP contribution is -2.39. The number of aromatic nitrogens is 2. The first-order valence-corrected chi connectivity index (χ1v) is 7.35. The zero-order valence-electron chi connectivity index (χ0n) is 11.7. The molecule has 2 unspecified atom stereocenters. The van der Waals surface area contributed by atoms with Crippen molar-refractivity contribution in [3.63, 3.8) is 0 Å². The summed E-state index contributed by atoms with van der Waals surface area (Å²) < 4.78 is 1.30. The standard InChI is InChI=1S/C14H21ClN4O/c1-3-7-19-14(20)13(15)12(9-17-19)18-10(2)11-5-4-6-16-8-11/h3,9-11,16,18H,1,4-8H2,2H3. The van der Waals surface area contributed by atoms with Crippen LogP contribution in [0.25, 0.3) is 0 Å². The Kier molecular flexibility index (Phi) is 5.20. The molecule has 2 atom stereocenters. The van der Waals surface area contributed by atoms with E-state index in [1.54, 1.807) is 12.3 Å². The molecule has 1 aliphatic rings. The maximum Gasteiger partial charge on any atom is 0.287 e. The largest absolute Gasteiger partial charge is 0.380 e. The lowest BCUT2D eigenvalue weighted by Gasteiger charge is -2.29. The van der Waals surface area contributed by atoms with Crippen molar-refractivity contribution in [2.24, 2.45) is 5.92 Å². The smallest absolute Gasteiger partial charge is 0.287 e. The van der Waals surface area contributed by atoms with Gasteiger partial charge >= 0.3 is 0 Å². The Hall–Kier alpha value is -1.33. The summed E-state index contributed by atoms with van der Waals surface area (Å²) in [6.45, 7) is 8.15. The van der Waals surface area contributed by atoms with Gasteiger partial charge in [-0.15, -0.1) is 6.58 Å². The summed E-state index contributed by atoms with van der Waals surface area (Å²) in [5.41, 5.74) is 0.320. The normalized spacial score (nSPS) is 20.4. The third kappa shape index (κ3) is 3.41. The second-order valence-corrected chi connectivity index (χ2v) is 5.57. The number of halogens is 1. The van der Waals surface area contributed by atoms with Crippen LogP contribution in [0.2, 0.25) is 5.02 Å². The predicted octanol–water partition coefficient (Wildman–Crippen LogP) is 1.88. The van der Waals surface area contributed by atoms with Gasteiger partial charge < -0.3 is 10.6 Å². The van der Waals surface area contributed by atoms with Crippen LogP contribution in [-0.4, -0.2) is 28.9 Å². The fraction of sp³-hybridized carbons (Fsp3) is 0.571. The van der Waals surface area contributed by atoms with Crippen LogP contribution in [0.1, 0.15) is 19.8 Å². The maximum atomic E-state index is 12.0. The first kappa shape index (κ1) is 15.1. The van der Waals surface area contributed by atoms with Gasteiger partial charge in [-0.1, -0.05) is 17.7 Å². The molecule has 0 spiro atoms. The average molecular weight is 297 g/mol. The first-order chi connectivity index (χ1) is 9.63. The minimum Gasteiger partial charge on any atom is -0.380 e. The summed E-state index contributed by atoms with van der Waals surface area (Å²) in [6.07, 6.45) is 5.59. The minimum absolute atomic E-state index is 0.192. The van der Waals surface area contributed by atoms with Crippen molar-refractivity contribution in [1.82, 2.24) is 15.1 Å². The van der Waals surface area contributed by atoms with Crippen LogP contribution in [-0.2, 0) is 6.54 Å². The number of allylic oxidation sites excluding steroid dienone is 1. The van der Waals surface area contributed by atoms with Gasteiger partial charge in [-0.25, -0.2) is 4.68 Å². The van der Waals surface area contributed by atoms with Gasteiger partial charge in [0.15, 0.2) is 0 Å². The first-order valence-electron chi connectivity index (χ1n) is 6.97. The molecule has 1 fully saturated rings. The van der Waals surface area contributed by atoms with Crippen molar-refractivity contribution in [2.45, 2.75) is 32.4 Å². The van der Waals surface area contributed by atoms with E-state index in [1.165, 1.54) is 17.5 Å². The van der Waals surface area contributed by atoms with E-state index >= 15 is 0 Å². The fourth-order valence-electron chi connectivity index (χ4n) is 2.49. The van der Waals surface area contributed by atoms with E-state index in [0.29, 0.717) is 18.2 Å². The molecule has 0 aromatic carbocycles. The molecule has 20 heavy (non-hydrogen) atoms. The van der Waals surface area contributed by atoms with Crippen molar-refractivity contribution in [2.75, 3.05) is 18.4 Å². The van der Waals surface area contributed by atoms with E-state index in [0.717, 1.165) is 13.1 Å². The van der Waals surface area contributed by atoms with E-state index in [-0.39, 0.29) is 16.6 Å². The van der Waals surface area contributed by atoms with Gasteiger partial charge in [-0.05, 0) is 38.8 Å². The van der Waals surface area contributed by atoms with Crippen molar-refractivity contribution < 1.29 is 0 Å². The van der Waals surface area contributed by atoms with E-state index in [1.807, 2.05) is 0 Å². The Balaban J connectivity index is 2.11. The van der Waals surface area contributed by atoms with Crippen molar-refractivity contribution >= 4 is 17.3 Å². The predicted molar refractivity (Wildman–Crippen MR) is 82.4 cm³/mol. The molecule has 0 amide bonds. The van der Waals surface area contributed by atoms with Crippen LogP contribution in [0.5, 0.6) is 0 Å². The lowest BCUT2D eigenvalue weighted by atomic mass is 9.93. The third-order valence-electron chi connectivity index (χ3n) is 3.71. The monoisotopic (exact) mass is 296 g/mol. The molecule has 1 aromatic rings. The Labute approximate surface area is 124 Å². The average Bonchev–Trinajstić information content (AvgIpc) is 2.48. The van der Waals surface area contributed by atoms with E-state index < -0.39 is 0 Å². The topological polar surface area (TPSA) is 59.0 Å². The van der Waals surface area contributed by atoms with Crippen LogP contribution >= 0.6 is 11.6 Å². The molecule has 1 aromatic heterocycles. The van der Waals surface area contributed by atoms with Gasteiger partial charge in [0.05, 0.1) is 18.4 Å². The van der Waals surface area contributed by atoms with Crippen molar-refractivity contribution in [3.8, 4) is 0 Å². The summed E-state index contributed by atoms with van der Waals surface area (Å²) in [6, 6.07) is 0.247. The molecule has 2 heterocycles. The van der Waals surface area contributed by atoms with E-state index in [9.17, 15) is 4.79 Å². The second-order valence-electron chi connectivity index (χ2n) is 5.19. The molecule has 0 saturated carbocycles. The molecular formula is C14H21ClN4O. The zero-order valence-corrected chi connectivity index (χ0v) is 12.5. The third-order valence-corrected chi connectivity index (χ3v) is 4.08. The molecule has 6 heteroatoms. The van der Waals surface area contributed by atoms with Crippen LogP contribution < -0.4 is 16.2 Å². The molecule has 2 N–H and O–H groups in total. The van der Waals surface area contributed by atoms with Crippen LogP contribution in [0, 0.1) is 5.92 Å².